The van der Waals surface area contributed by atoms with Gasteiger partial charge in [0.15, 0.2) is 10.3 Å². The van der Waals surface area contributed by atoms with Gasteiger partial charge in [0.25, 0.3) is 0 Å². The van der Waals surface area contributed by atoms with Gasteiger partial charge in [-0.1, -0.05) is 18.7 Å². The number of carbonyl (C=O) groups is 1. The van der Waals surface area contributed by atoms with Crippen LogP contribution in [0.3, 0.4) is 0 Å². The zero-order chi connectivity index (χ0) is 23.9. The lowest BCUT2D eigenvalue weighted by molar-refractivity contribution is -0.114. The van der Waals surface area contributed by atoms with Crippen LogP contribution in [0.5, 0.6) is 0 Å². The highest BCUT2D eigenvalue weighted by Gasteiger charge is 2.22. The van der Waals surface area contributed by atoms with Crippen molar-refractivity contribution in [2.24, 2.45) is 4.99 Å². The molecule has 182 valence electrons. The third kappa shape index (κ3) is 6.81. The van der Waals surface area contributed by atoms with E-state index in [-0.39, 0.29) is 12.5 Å². The number of aliphatic hydroxyl groups excluding tert-OH is 1. The Hall–Kier alpha value is -2.41. The number of nitrogens with one attached hydrogen (secondary N) is 2. The number of piperazine rings is 1. The molecule has 0 radical (unpaired) electrons. The molecule has 1 unspecified atom stereocenters. The van der Waals surface area contributed by atoms with Crippen LogP contribution in [-0.4, -0.2) is 87.2 Å². The van der Waals surface area contributed by atoms with Gasteiger partial charge in [0, 0.05) is 55.5 Å². The quantitative estimate of drug-likeness (QED) is 0.496. The first kappa shape index (κ1) is 24.7. The van der Waals surface area contributed by atoms with Crippen molar-refractivity contribution in [3.05, 3.63) is 24.3 Å². The van der Waals surface area contributed by atoms with Crippen molar-refractivity contribution in [1.82, 2.24) is 19.9 Å². The highest BCUT2D eigenvalue weighted by Crippen LogP contribution is 2.29. The van der Waals surface area contributed by atoms with Crippen LogP contribution < -0.4 is 15.5 Å². The molecule has 1 aromatic carbocycles. The van der Waals surface area contributed by atoms with Gasteiger partial charge in [-0.15, -0.1) is 0 Å². The summed E-state index contributed by atoms with van der Waals surface area (Å²) in [6.45, 7) is 8.58. The summed E-state index contributed by atoms with van der Waals surface area (Å²) >= 11 is 3.17. The minimum absolute atomic E-state index is 0.102. The second-order valence-electron chi connectivity index (χ2n) is 8.02. The molecule has 1 fully saturated rings. The van der Waals surface area contributed by atoms with Gasteiger partial charge in [-0.3, -0.25) is 14.7 Å². The van der Waals surface area contributed by atoms with Crippen molar-refractivity contribution in [3.8, 4) is 0 Å². The molecule has 0 saturated carbocycles. The highest BCUT2D eigenvalue weighted by atomic mass is 32.2. The van der Waals surface area contributed by atoms with Crippen LogP contribution in [0.15, 0.2) is 39.3 Å². The monoisotopic (exact) mass is 502 g/mol. The number of carbonyl (C=O) groups excluding carboxylic acids is 1. The Kier molecular flexibility index (Phi) is 8.59. The Morgan fingerprint density at radius 3 is 2.59 bits per heavy atom. The third-order valence-corrected chi connectivity index (χ3v) is 7.59. The lowest BCUT2D eigenvalue weighted by Crippen LogP contribution is -2.47. The topological polar surface area (TPSA) is 119 Å². The molecule has 34 heavy (non-hydrogen) atoms. The second-order valence-corrected chi connectivity index (χ2v) is 10.4. The predicted octanol–water partition coefficient (Wildman–Crippen LogP) is 2.39. The first-order valence-electron chi connectivity index (χ1n) is 11.4. The van der Waals surface area contributed by atoms with Crippen molar-refractivity contribution in [3.63, 3.8) is 0 Å². The molecule has 2 aromatic rings. The number of nitrogens with zero attached hydrogens (tertiary/aromatic N) is 6. The fourth-order valence-corrected chi connectivity index (χ4v) is 5.28. The molecule has 3 N–H and O–H groups in total. The first-order valence-corrected chi connectivity index (χ1v) is 13.1. The van der Waals surface area contributed by atoms with Gasteiger partial charge in [-0.25, -0.2) is 0 Å². The zero-order valence-electron chi connectivity index (χ0n) is 19.4. The van der Waals surface area contributed by atoms with E-state index >= 15 is 0 Å². The lowest BCUT2D eigenvalue weighted by atomic mass is 10.3. The molecule has 2 aliphatic rings. The summed E-state index contributed by atoms with van der Waals surface area (Å²) in [4.78, 5) is 35.3. The molecule has 1 atom stereocenters. The molecule has 2 aliphatic heterocycles. The van der Waals surface area contributed by atoms with Crippen LogP contribution in [-0.2, 0) is 4.79 Å². The van der Waals surface area contributed by atoms with E-state index in [1.54, 1.807) is 11.8 Å². The smallest absolute Gasteiger partial charge is 0.234 e. The standard InChI is InChI=1S/C22H30N8O2S2/c1-3-17-14-23-21(33-17)26-19-25-20(30-10-8-29(9-11-30)12-13-31)28-22(27-19)34-18-6-4-16(5-7-18)24-15(2)32/h4-7,17,31H,3,8-14H2,1-2H3,(H,24,32)(H,23,25,26,27,28). The van der Waals surface area contributed by atoms with Crippen molar-refractivity contribution >= 4 is 52.2 Å². The number of aromatic nitrogens is 3. The van der Waals surface area contributed by atoms with Gasteiger partial charge in [-0.2, -0.15) is 15.0 Å². The molecule has 4 rings (SSSR count). The summed E-state index contributed by atoms with van der Waals surface area (Å²) in [6.07, 6.45) is 1.06. The molecule has 1 amide bonds. The van der Waals surface area contributed by atoms with Gasteiger partial charge in [0.05, 0.1) is 13.2 Å². The van der Waals surface area contributed by atoms with Crippen LogP contribution in [0.1, 0.15) is 20.3 Å². The average Bonchev–Trinajstić information content (AvgIpc) is 3.28. The maximum Gasteiger partial charge on any atom is 0.234 e. The molecular formula is C22H30N8O2S2. The first-order chi connectivity index (χ1) is 16.5. The van der Waals surface area contributed by atoms with E-state index < -0.39 is 0 Å². The summed E-state index contributed by atoms with van der Waals surface area (Å²) in [5.74, 6) is 1.02. The number of hydrogen-bond acceptors (Lipinski definition) is 11. The minimum Gasteiger partial charge on any atom is -0.395 e. The number of amidine groups is 1. The molecule has 1 aromatic heterocycles. The van der Waals surface area contributed by atoms with Gasteiger partial charge < -0.3 is 20.6 Å². The van der Waals surface area contributed by atoms with Crippen LogP contribution >= 0.6 is 23.5 Å². The molecule has 0 spiro atoms. The van der Waals surface area contributed by atoms with Crippen LogP contribution in [0, 0.1) is 0 Å². The van der Waals surface area contributed by atoms with Crippen LogP contribution in [0.4, 0.5) is 17.6 Å². The number of thioether (sulfide) groups is 1. The third-order valence-electron chi connectivity index (χ3n) is 5.45. The minimum atomic E-state index is -0.102. The maximum atomic E-state index is 11.3. The SMILES string of the molecule is CCC1CN=C(Nc2nc(Sc3ccc(NC(C)=O)cc3)nc(N3CCN(CCO)CC3)n2)S1. The molecule has 3 heterocycles. The lowest BCUT2D eigenvalue weighted by Gasteiger charge is -2.34. The van der Waals surface area contributed by atoms with E-state index in [2.05, 4.69) is 37.3 Å². The van der Waals surface area contributed by atoms with Crippen LogP contribution in [0.2, 0.25) is 0 Å². The number of benzene rings is 1. The summed E-state index contributed by atoms with van der Waals surface area (Å²) in [5, 5.41) is 17.2. The predicted molar refractivity (Wildman–Crippen MR) is 138 cm³/mol. The van der Waals surface area contributed by atoms with Gasteiger partial charge in [-0.05, 0) is 42.4 Å². The molecule has 10 nitrogen and oxygen atoms in total. The number of anilines is 3. The number of hydrogen-bond donors (Lipinski definition) is 3. The van der Waals surface area contributed by atoms with E-state index in [0.717, 1.165) is 54.9 Å². The van der Waals surface area contributed by atoms with Gasteiger partial charge in [0.1, 0.15) is 0 Å². The average molecular weight is 503 g/mol. The summed E-state index contributed by atoms with van der Waals surface area (Å²) in [5.41, 5.74) is 0.748. The van der Waals surface area contributed by atoms with Gasteiger partial charge >= 0.3 is 0 Å². The molecule has 0 bridgehead atoms. The summed E-state index contributed by atoms with van der Waals surface area (Å²) < 4.78 is 0. The Morgan fingerprint density at radius 1 is 1.18 bits per heavy atom. The van der Waals surface area contributed by atoms with Crippen molar-refractivity contribution < 1.29 is 9.90 Å². The Balaban J connectivity index is 1.52. The number of amides is 1. The van der Waals surface area contributed by atoms with E-state index in [9.17, 15) is 9.90 Å². The maximum absolute atomic E-state index is 11.3. The highest BCUT2D eigenvalue weighted by molar-refractivity contribution is 8.15. The van der Waals surface area contributed by atoms with Gasteiger partial charge in [0.2, 0.25) is 17.8 Å². The van der Waals surface area contributed by atoms with Crippen LogP contribution in [0.25, 0.3) is 0 Å². The fraction of sp³-hybridized carbons (Fsp3) is 0.500. The van der Waals surface area contributed by atoms with E-state index in [1.165, 1.54) is 18.7 Å². The molecule has 1 saturated heterocycles. The van der Waals surface area contributed by atoms with Crippen molar-refractivity contribution in [1.29, 1.82) is 0 Å². The molecule has 12 heteroatoms. The zero-order valence-corrected chi connectivity index (χ0v) is 21.0. The fourth-order valence-electron chi connectivity index (χ4n) is 3.61. The number of aliphatic imine (C=N–C) groups is 1. The summed E-state index contributed by atoms with van der Waals surface area (Å²) in [7, 11) is 0. The molecule has 0 aliphatic carbocycles. The number of rotatable bonds is 8. The Morgan fingerprint density at radius 2 is 1.94 bits per heavy atom. The van der Waals surface area contributed by atoms with E-state index in [0.29, 0.717) is 28.8 Å². The van der Waals surface area contributed by atoms with E-state index in [4.69, 9.17) is 9.97 Å². The van der Waals surface area contributed by atoms with E-state index in [1.807, 2.05) is 24.3 Å². The largest absolute Gasteiger partial charge is 0.395 e. The number of β-amino-alcohol motifs (C(OH)–C–C–N with tert-alkyl or cyclic N) is 1. The van der Waals surface area contributed by atoms with Crippen molar-refractivity contribution in [2.45, 2.75) is 35.6 Å². The Labute approximate surface area is 208 Å². The number of aliphatic hydroxyl groups is 1. The summed E-state index contributed by atoms with van der Waals surface area (Å²) in [6, 6.07) is 7.59. The normalized spacial score (nSPS) is 18.6. The second kappa shape index (κ2) is 11.8. The van der Waals surface area contributed by atoms with Crippen molar-refractivity contribution in [2.75, 3.05) is 61.4 Å². The Bertz CT molecular complexity index is 1010. The molecular weight excluding hydrogens is 472 g/mol.